The van der Waals surface area contributed by atoms with Gasteiger partial charge in [-0.3, -0.25) is 15.3 Å². The first kappa shape index (κ1) is 70.5. The molecule has 22 nitrogen and oxygen atoms in total. The average Bonchev–Trinajstić information content (AvgIpc) is 1.67. The molecular weight excluding hydrogens is 1380 g/mol. The molecule has 0 unspecified atom stereocenters. The highest BCUT2D eigenvalue weighted by Crippen LogP contribution is 2.36. The number of halogens is 6. The molecule has 0 saturated carbocycles. The van der Waals surface area contributed by atoms with Crippen LogP contribution in [0.5, 0.6) is 17.2 Å². The average molecular weight is 1450 g/mol. The largest absolute Gasteiger partial charge is 0.488 e. The van der Waals surface area contributed by atoms with Crippen molar-refractivity contribution in [2.75, 3.05) is 132 Å². The van der Waals surface area contributed by atoms with Crippen molar-refractivity contribution in [2.24, 2.45) is 5.16 Å². The van der Waals surface area contributed by atoms with Gasteiger partial charge in [0.15, 0.2) is 51.4 Å². The summed E-state index contributed by atoms with van der Waals surface area (Å²) in [5, 5.41) is 45.6. The quantitative estimate of drug-likeness (QED) is 0.0176. The molecule has 2 aliphatic heterocycles. The second-order valence-electron chi connectivity index (χ2n) is 21.3. The Labute approximate surface area is 567 Å². The zero-order valence-electron chi connectivity index (χ0n) is 52.5. The predicted octanol–water partition coefficient (Wildman–Crippen LogP) is 12.7. The normalized spacial score (nSPS) is 13.4. The molecule has 0 atom stereocenters. The second kappa shape index (κ2) is 35.1. The number of nitrogens with one attached hydrogen (secondary N) is 4. The monoisotopic (exact) mass is 1450 g/mol. The van der Waals surface area contributed by atoms with E-state index in [9.17, 15) is 13.2 Å². The van der Waals surface area contributed by atoms with Crippen LogP contribution in [0.2, 0.25) is 0 Å². The van der Waals surface area contributed by atoms with Gasteiger partial charge in [0.25, 0.3) is 0 Å². The summed E-state index contributed by atoms with van der Waals surface area (Å²) >= 11 is 12.2. The molecule has 498 valence electrons. The lowest BCUT2D eigenvalue weighted by Crippen LogP contribution is -2.44. The summed E-state index contributed by atoms with van der Waals surface area (Å²) in [6.07, 6.45) is 5.26. The molecule has 0 bridgehead atoms. The van der Waals surface area contributed by atoms with Crippen molar-refractivity contribution < 1.29 is 55.8 Å². The van der Waals surface area contributed by atoms with Crippen LogP contribution in [-0.4, -0.2) is 189 Å². The Morgan fingerprint density at radius 1 is 0.579 bits per heavy atom. The van der Waals surface area contributed by atoms with Gasteiger partial charge in [0.05, 0.1) is 36.4 Å². The fourth-order valence-corrected chi connectivity index (χ4v) is 10.2. The predicted molar refractivity (Wildman–Crippen MR) is 366 cm³/mol. The molecule has 0 spiro atoms. The Hall–Kier alpha value is -8.82. The van der Waals surface area contributed by atoms with E-state index in [2.05, 4.69) is 130 Å². The molecule has 28 heteroatoms. The molecule has 0 aliphatic carbocycles. The Bertz CT molecular complexity index is 4300. The number of hydrogen-bond donors (Lipinski definition) is 5. The van der Waals surface area contributed by atoms with E-state index in [-0.39, 0.29) is 42.2 Å². The van der Waals surface area contributed by atoms with Gasteiger partial charge in [-0.05, 0) is 68.7 Å². The molecule has 13 rings (SSSR count). The van der Waals surface area contributed by atoms with E-state index in [0.717, 1.165) is 59.3 Å². The summed E-state index contributed by atoms with van der Waals surface area (Å²) in [6, 6.07) is 35.5. The zero-order chi connectivity index (χ0) is 67.2. The van der Waals surface area contributed by atoms with Crippen LogP contribution in [0.15, 0.2) is 144 Å². The minimum absolute atomic E-state index is 0.0949. The Morgan fingerprint density at radius 3 is 1.46 bits per heavy atom. The van der Waals surface area contributed by atoms with E-state index in [1.807, 2.05) is 54.6 Å². The molecule has 0 radical (unpaired) electrons. The van der Waals surface area contributed by atoms with E-state index in [4.69, 9.17) is 60.7 Å². The number of benzene rings is 6. The smallest absolute Gasteiger partial charge is 0.188 e. The number of hydrogen-bond acceptors (Lipinski definition) is 19. The summed E-state index contributed by atoms with van der Waals surface area (Å²) in [4.78, 5) is 7.05. The van der Waals surface area contributed by atoms with Gasteiger partial charge in [-0.1, -0.05) is 101 Å². The van der Waals surface area contributed by atoms with Crippen LogP contribution in [0.1, 0.15) is 11.3 Å². The summed E-state index contributed by atoms with van der Waals surface area (Å²) in [6.45, 7) is 10.9. The van der Waals surface area contributed by atoms with Crippen molar-refractivity contribution in [3.05, 3.63) is 159 Å². The lowest BCUT2D eigenvalue weighted by atomic mass is 10.1. The van der Waals surface area contributed by atoms with Gasteiger partial charge in [0, 0.05) is 152 Å². The Kier molecular flexibility index (Phi) is 26.0. The Balaban J connectivity index is 0.000000152. The van der Waals surface area contributed by atoms with Gasteiger partial charge in [-0.2, -0.15) is 15.3 Å². The number of nitrogens with zero attached hydrogens (tertiary/aromatic N) is 9. The molecule has 0 amide bonds. The van der Waals surface area contributed by atoms with Gasteiger partial charge in [-0.15, -0.1) is 6.42 Å². The standard InChI is InChI=1S/C24H26FN5O3.C19H15BrFN3O3.C12H11FN2O2.C7H5BrClNO.C5H12N2/c1-29-7-9-30(10-8-29)17-5-3-16(4-6-17)20-14-23(33-28-20)24-18-13-19(25)22(32-12-11-31-2)15-21(18)26-27-24;1-25-6-7-26-17-10-16-13(8-14(17)21)19(23-22-16)18-9-15(24-27-18)11-2-4-12(20)5-3-11;1-3-10-8-6-9(13)12(17-5-4-16-2)7-11(8)15-14-10;8-6-3-1-5(2-4-6)7(9)10-11;1-7-4-2-6-3-5-7/h3-6,13-15H,7-12H2,1-2H3,(H,26,27);2-5,8-10H,6-7H2,1H3,(H,22,23);1,6-7H,4-5H2,2H3,(H,14,15);1-4,11H;6H,2-5H2,1H3/b;;;10-7-;. The molecule has 11 aromatic rings. The maximum Gasteiger partial charge on any atom is 0.188 e. The van der Waals surface area contributed by atoms with Crippen LogP contribution < -0.4 is 24.4 Å². The fourth-order valence-electron chi connectivity index (χ4n) is 9.57. The number of piperazine rings is 2. The number of aromatic amines is 3. The van der Waals surface area contributed by atoms with Crippen LogP contribution in [0.3, 0.4) is 0 Å². The molecule has 5 aromatic heterocycles. The highest BCUT2D eigenvalue weighted by atomic mass is 79.9. The minimum Gasteiger partial charge on any atom is -0.488 e. The highest BCUT2D eigenvalue weighted by molar-refractivity contribution is 9.10. The first-order chi connectivity index (χ1) is 46.2. The Morgan fingerprint density at radius 2 is 1.02 bits per heavy atom. The number of likely N-dealkylation sites (N-methyl/N-ethyl adjacent to an activating group) is 2. The van der Waals surface area contributed by atoms with Gasteiger partial charge < -0.3 is 62.7 Å². The van der Waals surface area contributed by atoms with E-state index < -0.39 is 17.5 Å². The lowest BCUT2D eigenvalue weighted by Gasteiger charge is -2.34. The summed E-state index contributed by atoms with van der Waals surface area (Å²) in [7, 11) is 8.98. The molecule has 95 heavy (non-hydrogen) atoms. The van der Waals surface area contributed by atoms with E-state index in [1.54, 1.807) is 51.7 Å². The molecule has 2 fully saturated rings. The van der Waals surface area contributed by atoms with Gasteiger partial charge >= 0.3 is 0 Å². The van der Waals surface area contributed by atoms with E-state index >= 15 is 0 Å². The van der Waals surface area contributed by atoms with Crippen LogP contribution in [0.4, 0.5) is 18.9 Å². The van der Waals surface area contributed by atoms with Crippen molar-refractivity contribution >= 4 is 87.0 Å². The fraction of sp³-hybridized carbons (Fsp3) is 0.284. The number of fused-ring (bicyclic) bond motifs is 3. The highest BCUT2D eigenvalue weighted by Gasteiger charge is 2.21. The first-order valence-electron chi connectivity index (χ1n) is 29.8. The molecule has 5 N–H and O–H groups in total. The van der Waals surface area contributed by atoms with Gasteiger partial charge in [0.2, 0.25) is 0 Å². The minimum atomic E-state index is -0.478. The summed E-state index contributed by atoms with van der Waals surface area (Å²) in [5.41, 5.74) is 8.44. The van der Waals surface area contributed by atoms with Crippen molar-refractivity contribution in [3.63, 3.8) is 0 Å². The lowest BCUT2D eigenvalue weighted by molar-refractivity contribution is 0.144. The summed E-state index contributed by atoms with van der Waals surface area (Å²) < 4.78 is 86.2. The zero-order valence-corrected chi connectivity index (χ0v) is 56.5. The third-order valence-corrected chi connectivity index (χ3v) is 16.1. The van der Waals surface area contributed by atoms with Crippen LogP contribution in [0.25, 0.3) is 78.1 Å². The van der Waals surface area contributed by atoms with Crippen LogP contribution >= 0.6 is 43.5 Å². The van der Waals surface area contributed by atoms with Crippen LogP contribution in [-0.2, 0) is 14.2 Å². The third-order valence-electron chi connectivity index (χ3n) is 14.8. The van der Waals surface area contributed by atoms with Gasteiger partial charge in [0.1, 0.15) is 48.3 Å². The number of aromatic nitrogens is 8. The van der Waals surface area contributed by atoms with Gasteiger partial charge in [-0.25, -0.2) is 13.2 Å². The van der Waals surface area contributed by atoms with Crippen molar-refractivity contribution in [1.29, 1.82) is 0 Å². The van der Waals surface area contributed by atoms with Crippen molar-refractivity contribution in [2.45, 2.75) is 0 Å². The van der Waals surface area contributed by atoms with E-state index in [0.29, 0.717) is 98.1 Å². The van der Waals surface area contributed by atoms with Crippen molar-refractivity contribution in [3.8, 4) is 75.0 Å². The molecule has 2 aliphatic rings. The number of anilines is 1. The first-order valence-corrected chi connectivity index (χ1v) is 31.7. The number of rotatable bonds is 18. The summed E-state index contributed by atoms with van der Waals surface area (Å²) in [5.74, 6) is 2.33. The SMILES string of the molecule is C#Cc1[nH]nc2cc(OCCOC)c(F)cc12.CN1CCNCC1.COCCOc1cc2[nH]nc(-c3cc(-c4ccc(Br)cc4)no3)c2cc1F.COCCOc1cc2[nH]nc(-c3cc(-c4ccc(N5CCN(C)CC5)cc4)no3)c2cc1F.O/N=C(\Cl)c1ccc(Br)cc1. The third kappa shape index (κ3) is 19.2. The topological polar surface area (TPSA) is 248 Å². The van der Waals surface area contributed by atoms with Crippen molar-refractivity contribution in [1.82, 2.24) is 56.0 Å². The molecule has 7 heterocycles. The van der Waals surface area contributed by atoms with E-state index in [1.165, 1.54) is 43.0 Å². The number of terminal acetylenes is 1. The number of H-pyrrole nitrogens is 3. The van der Waals surface area contributed by atoms with Crippen LogP contribution in [0, 0.1) is 29.8 Å². The second-order valence-corrected chi connectivity index (χ2v) is 23.5. The molecule has 6 aromatic carbocycles. The molecule has 2 saturated heterocycles. The number of ether oxygens (including phenoxy) is 6. The maximum atomic E-state index is 14.5. The number of methoxy groups -OCH3 is 3. The maximum absolute atomic E-state index is 14.5. The molecular formula is C67H69Br2ClF3N13O9. The number of oxime groups is 1.